The summed E-state index contributed by atoms with van der Waals surface area (Å²) in [5.41, 5.74) is 3.44. The molecule has 124 valence electrons. The van der Waals surface area contributed by atoms with Crippen molar-refractivity contribution in [3.05, 3.63) is 40.0 Å². The van der Waals surface area contributed by atoms with Crippen molar-refractivity contribution in [2.24, 2.45) is 5.10 Å². The first kappa shape index (κ1) is 17.9. The van der Waals surface area contributed by atoms with Gasteiger partial charge < -0.3 is 9.47 Å². The molecule has 1 aromatic carbocycles. The van der Waals surface area contributed by atoms with Gasteiger partial charge in [-0.05, 0) is 46.4 Å². The number of carbonyl (C=O) groups is 1. The summed E-state index contributed by atoms with van der Waals surface area (Å²) in [6, 6.07) is 5.71. The van der Waals surface area contributed by atoms with Crippen molar-refractivity contribution in [2.75, 3.05) is 39.5 Å². The third-order valence-corrected chi connectivity index (χ3v) is 4.03. The maximum atomic E-state index is 11.8. The molecular weight excluding hydrogens is 409 g/mol. The number of carbonyl (C=O) groups excluding carboxylic acids is 1. The standard InChI is InChI=1S/C16H20IN3O3/c1-2-7-23-15-4-3-13(10-14(15)17)11-18-19-16(21)12-20-5-8-22-9-6-20/h2-4,10-11H,1,5-9,12H2,(H,19,21)/b18-11+. The minimum Gasteiger partial charge on any atom is -0.488 e. The van der Waals surface area contributed by atoms with Crippen molar-refractivity contribution in [1.29, 1.82) is 0 Å². The maximum Gasteiger partial charge on any atom is 0.254 e. The molecule has 1 saturated heterocycles. The highest BCUT2D eigenvalue weighted by Gasteiger charge is 2.13. The van der Waals surface area contributed by atoms with E-state index in [1.165, 1.54) is 0 Å². The number of ether oxygens (including phenoxy) is 2. The van der Waals surface area contributed by atoms with Gasteiger partial charge in [0, 0.05) is 13.1 Å². The Labute approximate surface area is 149 Å². The molecule has 0 aromatic heterocycles. The highest BCUT2D eigenvalue weighted by atomic mass is 127. The van der Waals surface area contributed by atoms with Gasteiger partial charge in [0.05, 0.1) is 29.5 Å². The number of amides is 1. The molecule has 0 bridgehead atoms. The normalized spacial score (nSPS) is 15.5. The van der Waals surface area contributed by atoms with E-state index in [0.29, 0.717) is 26.4 Å². The lowest BCUT2D eigenvalue weighted by Crippen LogP contribution is -2.42. The number of halogens is 1. The van der Waals surface area contributed by atoms with Crippen LogP contribution in [-0.4, -0.2) is 56.5 Å². The summed E-state index contributed by atoms with van der Waals surface area (Å²) in [6.07, 6.45) is 3.33. The first-order chi connectivity index (χ1) is 11.2. The predicted molar refractivity (Wildman–Crippen MR) is 97.8 cm³/mol. The van der Waals surface area contributed by atoms with Crippen molar-refractivity contribution in [2.45, 2.75) is 0 Å². The molecule has 1 N–H and O–H groups in total. The van der Waals surface area contributed by atoms with Crippen LogP contribution in [0.2, 0.25) is 0 Å². The first-order valence-electron chi connectivity index (χ1n) is 7.34. The molecule has 23 heavy (non-hydrogen) atoms. The third kappa shape index (κ3) is 6.28. The molecule has 0 aliphatic carbocycles. The van der Waals surface area contributed by atoms with Crippen LogP contribution in [0.15, 0.2) is 36.0 Å². The molecule has 0 saturated carbocycles. The minimum atomic E-state index is -0.121. The maximum absolute atomic E-state index is 11.8. The molecule has 0 atom stereocenters. The Morgan fingerprint density at radius 2 is 2.26 bits per heavy atom. The molecular formula is C16H20IN3O3. The van der Waals surface area contributed by atoms with Gasteiger partial charge in [-0.1, -0.05) is 12.7 Å². The highest BCUT2D eigenvalue weighted by molar-refractivity contribution is 14.1. The van der Waals surface area contributed by atoms with Crippen molar-refractivity contribution in [3.63, 3.8) is 0 Å². The smallest absolute Gasteiger partial charge is 0.254 e. The van der Waals surface area contributed by atoms with E-state index < -0.39 is 0 Å². The van der Waals surface area contributed by atoms with Crippen LogP contribution in [0.25, 0.3) is 0 Å². The summed E-state index contributed by atoms with van der Waals surface area (Å²) in [4.78, 5) is 13.8. The molecule has 1 aliphatic rings. The van der Waals surface area contributed by atoms with E-state index in [4.69, 9.17) is 9.47 Å². The van der Waals surface area contributed by atoms with E-state index in [1.54, 1.807) is 12.3 Å². The largest absolute Gasteiger partial charge is 0.488 e. The van der Waals surface area contributed by atoms with Gasteiger partial charge in [-0.2, -0.15) is 5.10 Å². The Bertz CT molecular complexity index is 572. The second-order valence-electron chi connectivity index (χ2n) is 4.97. The fraction of sp³-hybridized carbons (Fsp3) is 0.375. The highest BCUT2D eigenvalue weighted by Crippen LogP contribution is 2.21. The second-order valence-corrected chi connectivity index (χ2v) is 6.13. The average molecular weight is 429 g/mol. The number of hydrogen-bond acceptors (Lipinski definition) is 5. The lowest BCUT2D eigenvalue weighted by Gasteiger charge is -2.25. The van der Waals surface area contributed by atoms with Crippen LogP contribution in [0, 0.1) is 3.57 Å². The van der Waals surface area contributed by atoms with Crippen LogP contribution in [0.4, 0.5) is 0 Å². The van der Waals surface area contributed by atoms with Crippen LogP contribution in [-0.2, 0) is 9.53 Å². The average Bonchev–Trinajstić information content (AvgIpc) is 2.55. The molecule has 7 heteroatoms. The van der Waals surface area contributed by atoms with Gasteiger partial charge in [-0.25, -0.2) is 5.43 Å². The van der Waals surface area contributed by atoms with Crippen LogP contribution in [0.3, 0.4) is 0 Å². The van der Waals surface area contributed by atoms with E-state index in [9.17, 15) is 4.79 Å². The SMILES string of the molecule is C=CCOc1ccc(/C=N/NC(=O)CN2CCOCC2)cc1I. The molecule has 0 spiro atoms. The van der Waals surface area contributed by atoms with Crippen LogP contribution in [0.1, 0.15) is 5.56 Å². The van der Waals surface area contributed by atoms with Gasteiger partial charge in [0.1, 0.15) is 12.4 Å². The van der Waals surface area contributed by atoms with Crippen molar-refractivity contribution in [1.82, 2.24) is 10.3 Å². The van der Waals surface area contributed by atoms with E-state index >= 15 is 0 Å². The molecule has 1 aromatic rings. The van der Waals surface area contributed by atoms with Crippen molar-refractivity contribution in [3.8, 4) is 5.75 Å². The minimum absolute atomic E-state index is 0.121. The summed E-state index contributed by atoms with van der Waals surface area (Å²) in [5, 5.41) is 4.00. The topological polar surface area (TPSA) is 63.2 Å². The quantitative estimate of drug-likeness (QED) is 0.310. The monoisotopic (exact) mass is 429 g/mol. The van der Waals surface area contributed by atoms with Gasteiger partial charge in [-0.15, -0.1) is 0 Å². The van der Waals surface area contributed by atoms with E-state index in [1.807, 2.05) is 23.1 Å². The molecule has 2 rings (SSSR count). The number of benzene rings is 1. The summed E-state index contributed by atoms with van der Waals surface area (Å²) >= 11 is 2.20. The molecule has 1 amide bonds. The first-order valence-corrected chi connectivity index (χ1v) is 8.42. The van der Waals surface area contributed by atoms with E-state index in [2.05, 4.69) is 39.7 Å². The number of rotatable bonds is 7. The zero-order valence-corrected chi connectivity index (χ0v) is 15.0. The number of hydrogen-bond donors (Lipinski definition) is 1. The predicted octanol–water partition coefficient (Wildman–Crippen LogP) is 1.64. The summed E-state index contributed by atoms with van der Waals surface area (Å²) in [7, 11) is 0. The Morgan fingerprint density at radius 1 is 1.48 bits per heavy atom. The fourth-order valence-electron chi connectivity index (χ4n) is 2.04. The summed E-state index contributed by atoms with van der Waals surface area (Å²) in [6.45, 7) is 7.35. The lowest BCUT2D eigenvalue weighted by molar-refractivity contribution is -0.123. The Morgan fingerprint density at radius 3 is 2.96 bits per heavy atom. The Hall–Kier alpha value is -1.45. The number of morpholine rings is 1. The van der Waals surface area contributed by atoms with Crippen molar-refractivity contribution < 1.29 is 14.3 Å². The fourth-order valence-corrected chi connectivity index (χ4v) is 2.73. The second kappa shape index (κ2) is 9.64. The van der Waals surface area contributed by atoms with Gasteiger partial charge in [0.2, 0.25) is 0 Å². The Balaban J connectivity index is 1.81. The summed E-state index contributed by atoms with van der Waals surface area (Å²) in [5.74, 6) is 0.683. The van der Waals surface area contributed by atoms with Crippen molar-refractivity contribution >= 4 is 34.7 Å². The van der Waals surface area contributed by atoms with E-state index in [-0.39, 0.29) is 5.91 Å². The molecule has 1 aliphatic heterocycles. The van der Waals surface area contributed by atoms with Gasteiger partial charge >= 0.3 is 0 Å². The lowest BCUT2D eigenvalue weighted by atomic mass is 10.2. The van der Waals surface area contributed by atoms with Gasteiger partial charge in [-0.3, -0.25) is 9.69 Å². The molecule has 0 unspecified atom stereocenters. The van der Waals surface area contributed by atoms with Crippen LogP contribution in [0.5, 0.6) is 5.75 Å². The zero-order chi connectivity index (χ0) is 16.5. The molecule has 1 heterocycles. The zero-order valence-electron chi connectivity index (χ0n) is 12.8. The molecule has 6 nitrogen and oxygen atoms in total. The summed E-state index contributed by atoms with van der Waals surface area (Å²) < 4.78 is 11.7. The molecule has 1 fully saturated rings. The van der Waals surface area contributed by atoms with E-state index in [0.717, 1.165) is 28.0 Å². The third-order valence-electron chi connectivity index (χ3n) is 3.19. The van der Waals surface area contributed by atoms with Crippen LogP contribution >= 0.6 is 22.6 Å². The number of nitrogens with one attached hydrogen (secondary N) is 1. The number of hydrazone groups is 1. The molecule has 0 radical (unpaired) electrons. The number of nitrogens with zero attached hydrogens (tertiary/aromatic N) is 2. The van der Waals surface area contributed by atoms with Gasteiger partial charge in [0.25, 0.3) is 5.91 Å². The van der Waals surface area contributed by atoms with Gasteiger partial charge in [0.15, 0.2) is 0 Å². The Kier molecular flexibility index (Phi) is 7.50. The van der Waals surface area contributed by atoms with Crippen LogP contribution < -0.4 is 10.2 Å².